The Bertz CT molecular complexity index is 241. The van der Waals surface area contributed by atoms with E-state index in [1.54, 1.807) is 0 Å². The fourth-order valence-corrected chi connectivity index (χ4v) is 1.16. The molecule has 0 aromatic heterocycles. The fraction of sp³-hybridized carbons (Fsp3) is 0.444. The van der Waals surface area contributed by atoms with Gasteiger partial charge in [-0.05, 0) is 12.0 Å². The van der Waals surface area contributed by atoms with Crippen molar-refractivity contribution < 1.29 is 9.53 Å². The Hall–Kier alpha value is -1.09. The zero-order valence-corrected chi connectivity index (χ0v) is 7.17. The van der Waals surface area contributed by atoms with Crippen LogP contribution in [0.2, 0.25) is 0 Å². The zero-order valence-electron chi connectivity index (χ0n) is 7.17. The minimum absolute atomic E-state index is 0.272. The summed E-state index contributed by atoms with van der Waals surface area (Å²) in [7, 11) is 0. The van der Waals surface area contributed by atoms with Crippen LogP contribution in [-0.4, -0.2) is 12.5 Å². The van der Waals surface area contributed by atoms with E-state index in [0.29, 0.717) is 13.0 Å². The third-order valence-electron chi connectivity index (χ3n) is 1.74. The van der Waals surface area contributed by atoms with E-state index in [9.17, 15) is 4.79 Å². The molecule has 0 aromatic rings. The van der Waals surface area contributed by atoms with E-state index in [-0.39, 0.29) is 5.97 Å². The highest BCUT2D eigenvalue weighted by Crippen LogP contribution is 2.19. The second kappa shape index (κ2) is 4.07. The summed E-state index contributed by atoms with van der Waals surface area (Å²) in [5.74, 6) is 0.457. The van der Waals surface area contributed by atoms with E-state index < -0.39 is 0 Å². The maximum Gasteiger partial charge on any atom is 0.307 e. The second-order valence-electron chi connectivity index (χ2n) is 2.70. The highest BCUT2D eigenvalue weighted by molar-refractivity contribution is 5.67. The van der Waals surface area contributed by atoms with Crippen molar-refractivity contribution >= 4 is 5.97 Å². The monoisotopic (exact) mass is 167 g/mol. The number of hydrogen-bond donors (Lipinski definition) is 1. The average molecular weight is 167 g/mol. The molecule has 3 heteroatoms. The molecule has 0 aromatic carbocycles. The van der Waals surface area contributed by atoms with Gasteiger partial charge in [-0.3, -0.25) is 4.79 Å². The van der Waals surface area contributed by atoms with Gasteiger partial charge >= 0.3 is 5.97 Å². The number of ether oxygens (including phenoxy) is 1. The molecule has 1 aliphatic carbocycles. The molecule has 0 fully saturated rings. The van der Waals surface area contributed by atoms with E-state index in [1.165, 1.54) is 6.92 Å². The van der Waals surface area contributed by atoms with Crippen molar-refractivity contribution in [3.8, 4) is 0 Å². The van der Waals surface area contributed by atoms with Crippen molar-refractivity contribution in [2.75, 3.05) is 6.54 Å². The summed E-state index contributed by atoms with van der Waals surface area (Å²) < 4.78 is 5.00. The first-order valence-corrected chi connectivity index (χ1v) is 3.98. The number of nitrogens with two attached hydrogens (primary N) is 1. The molecule has 0 spiro atoms. The molecule has 0 aliphatic heterocycles. The Kier molecular flexibility index (Phi) is 3.05. The summed E-state index contributed by atoms with van der Waals surface area (Å²) in [6.45, 7) is 1.87. The minimum Gasteiger partial charge on any atom is -0.431 e. The Balaban J connectivity index is 2.68. The lowest BCUT2D eigenvalue weighted by molar-refractivity contribution is -0.137. The molecule has 0 saturated heterocycles. The molecule has 0 heterocycles. The first kappa shape index (κ1) is 9.00. The van der Waals surface area contributed by atoms with Crippen molar-refractivity contribution in [1.82, 2.24) is 0 Å². The average Bonchev–Trinajstić information content (AvgIpc) is 2.04. The molecule has 0 bridgehead atoms. The molecule has 1 rings (SSSR count). The van der Waals surface area contributed by atoms with Gasteiger partial charge in [0, 0.05) is 19.9 Å². The van der Waals surface area contributed by atoms with Crippen LogP contribution in [-0.2, 0) is 9.53 Å². The van der Waals surface area contributed by atoms with Crippen LogP contribution < -0.4 is 5.73 Å². The van der Waals surface area contributed by atoms with Crippen LogP contribution in [0.25, 0.3) is 0 Å². The van der Waals surface area contributed by atoms with Gasteiger partial charge in [0.1, 0.15) is 5.76 Å². The highest BCUT2D eigenvalue weighted by Gasteiger charge is 2.10. The maximum atomic E-state index is 10.7. The summed E-state index contributed by atoms with van der Waals surface area (Å²) in [5, 5.41) is 0. The Morgan fingerprint density at radius 2 is 2.25 bits per heavy atom. The topological polar surface area (TPSA) is 52.3 Å². The van der Waals surface area contributed by atoms with Crippen LogP contribution >= 0.6 is 0 Å². The smallest absolute Gasteiger partial charge is 0.307 e. The Morgan fingerprint density at radius 3 is 2.83 bits per heavy atom. The lowest BCUT2D eigenvalue weighted by Gasteiger charge is -2.13. The van der Waals surface area contributed by atoms with Gasteiger partial charge in [-0.25, -0.2) is 0 Å². The molecule has 0 unspecified atom stereocenters. The van der Waals surface area contributed by atoms with E-state index in [1.807, 2.05) is 12.2 Å². The van der Waals surface area contributed by atoms with Crippen molar-refractivity contribution in [2.45, 2.75) is 19.8 Å². The molecule has 1 aliphatic rings. The highest BCUT2D eigenvalue weighted by atomic mass is 16.5. The summed E-state index contributed by atoms with van der Waals surface area (Å²) in [4.78, 5) is 10.7. The molecule has 0 saturated carbocycles. The summed E-state index contributed by atoms with van der Waals surface area (Å²) in [6, 6.07) is 0. The van der Waals surface area contributed by atoms with Gasteiger partial charge in [0.25, 0.3) is 0 Å². The molecular formula is C9H13NO2. The molecular weight excluding hydrogens is 154 g/mol. The molecule has 3 nitrogen and oxygen atoms in total. The summed E-state index contributed by atoms with van der Waals surface area (Å²) in [6.07, 6.45) is 5.51. The largest absolute Gasteiger partial charge is 0.431 e. The van der Waals surface area contributed by atoms with E-state index in [4.69, 9.17) is 10.5 Å². The Labute approximate surface area is 71.9 Å². The van der Waals surface area contributed by atoms with Gasteiger partial charge in [-0.2, -0.15) is 0 Å². The van der Waals surface area contributed by atoms with Crippen molar-refractivity contribution in [3.05, 3.63) is 23.5 Å². The minimum atomic E-state index is -0.272. The first-order valence-electron chi connectivity index (χ1n) is 3.98. The number of rotatable bonds is 2. The quantitative estimate of drug-likeness (QED) is 0.495. The van der Waals surface area contributed by atoms with Crippen LogP contribution in [0.15, 0.2) is 23.5 Å². The Morgan fingerprint density at radius 1 is 1.58 bits per heavy atom. The molecule has 12 heavy (non-hydrogen) atoms. The summed E-state index contributed by atoms with van der Waals surface area (Å²) in [5.41, 5.74) is 6.51. The van der Waals surface area contributed by atoms with Gasteiger partial charge in [-0.15, -0.1) is 0 Å². The van der Waals surface area contributed by atoms with Crippen molar-refractivity contribution in [1.29, 1.82) is 0 Å². The SMILES string of the molecule is CC(=O)OC1=C(CN)CC=CC1. The zero-order chi connectivity index (χ0) is 8.97. The third kappa shape index (κ3) is 2.20. The molecule has 0 atom stereocenters. The number of allylic oxidation sites excluding steroid dienone is 2. The summed E-state index contributed by atoms with van der Waals surface area (Å²) >= 11 is 0. The van der Waals surface area contributed by atoms with E-state index >= 15 is 0 Å². The lowest BCUT2D eigenvalue weighted by atomic mass is 10.0. The van der Waals surface area contributed by atoms with Crippen LogP contribution in [0.3, 0.4) is 0 Å². The maximum absolute atomic E-state index is 10.7. The van der Waals surface area contributed by atoms with Gasteiger partial charge in [0.2, 0.25) is 0 Å². The molecule has 2 N–H and O–H groups in total. The number of carbonyl (C=O) groups is 1. The van der Waals surface area contributed by atoms with Crippen LogP contribution in [0, 0.1) is 0 Å². The van der Waals surface area contributed by atoms with Gasteiger partial charge in [-0.1, -0.05) is 12.2 Å². The number of hydrogen-bond acceptors (Lipinski definition) is 3. The van der Waals surface area contributed by atoms with E-state index in [0.717, 1.165) is 17.8 Å². The third-order valence-corrected chi connectivity index (χ3v) is 1.74. The molecule has 66 valence electrons. The first-order chi connectivity index (χ1) is 5.74. The number of esters is 1. The van der Waals surface area contributed by atoms with Crippen LogP contribution in [0.5, 0.6) is 0 Å². The lowest BCUT2D eigenvalue weighted by Crippen LogP contribution is -2.11. The second-order valence-corrected chi connectivity index (χ2v) is 2.70. The standard InChI is InChI=1S/C9H13NO2/c1-7(11)12-9-5-3-2-4-8(9)6-10/h2-3H,4-6,10H2,1H3. The van der Waals surface area contributed by atoms with Gasteiger partial charge in [0.05, 0.1) is 0 Å². The molecule has 0 radical (unpaired) electrons. The predicted molar refractivity (Wildman–Crippen MR) is 46.2 cm³/mol. The van der Waals surface area contributed by atoms with Crippen LogP contribution in [0.4, 0.5) is 0 Å². The van der Waals surface area contributed by atoms with Gasteiger partial charge < -0.3 is 10.5 Å². The fourth-order valence-electron chi connectivity index (χ4n) is 1.16. The van der Waals surface area contributed by atoms with Crippen molar-refractivity contribution in [3.63, 3.8) is 0 Å². The van der Waals surface area contributed by atoms with Gasteiger partial charge in [0.15, 0.2) is 0 Å². The van der Waals surface area contributed by atoms with Crippen LogP contribution in [0.1, 0.15) is 19.8 Å². The normalized spacial score (nSPS) is 16.5. The predicted octanol–water partition coefficient (Wildman–Crippen LogP) is 1.11. The van der Waals surface area contributed by atoms with E-state index in [2.05, 4.69) is 0 Å². The van der Waals surface area contributed by atoms with Crippen molar-refractivity contribution in [2.24, 2.45) is 5.73 Å². The molecule has 0 amide bonds. The number of carbonyl (C=O) groups excluding carboxylic acids is 1.